The summed E-state index contributed by atoms with van der Waals surface area (Å²) in [6.07, 6.45) is 2.50. The van der Waals surface area contributed by atoms with Gasteiger partial charge in [0.15, 0.2) is 5.89 Å². The van der Waals surface area contributed by atoms with E-state index in [1.165, 1.54) is 0 Å². The van der Waals surface area contributed by atoms with E-state index in [0.29, 0.717) is 11.8 Å². The standard InChI is InChI=1S/C8H12ClNO/c1-6(2)3-8-10-7(4-9)5-11-8/h5-6H,3-4H2,1-2H3. The zero-order valence-corrected chi connectivity index (χ0v) is 7.56. The Morgan fingerprint density at radius 2 is 2.36 bits per heavy atom. The third-order valence-electron chi connectivity index (χ3n) is 1.32. The third-order valence-corrected chi connectivity index (χ3v) is 1.59. The molecule has 0 spiro atoms. The quantitative estimate of drug-likeness (QED) is 0.657. The number of nitrogens with zero attached hydrogens (tertiary/aromatic N) is 1. The summed E-state index contributed by atoms with van der Waals surface area (Å²) in [6, 6.07) is 0. The van der Waals surface area contributed by atoms with E-state index in [2.05, 4.69) is 18.8 Å². The van der Waals surface area contributed by atoms with Crippen LogP contribution in [0.1, 0.15) is 25.4 Å². The van der Waals surface area contributed by atoms with Crippen LogP contribution in [0.5, 0.6) is 0 Å². The Balaban J connectivity index is 2.58. The van der Waals surface area contributed by atoms with Crippen LogP contribution in [-0.4, -0.2) is 4.98 Å². The first-order valence-corrected chi connectivity index (χ1v) is 4.25. The van der Waals surface area contributed by atoms with Crippen molar-refractivity contribution in [2.75, 3.05) is 0 Å². The number of hydrogen-bond acceptors (Lipinski definition) is 2. The zero-order valence-electron chi connectivity index (χ0n) is 6.80. The lowest BCUT2D eigenvalue weighted by Crippen LogP contribution is -1.93. The smallest absolute Gasteiger partial charge is 0.194 e. The van der Waals surface area contributed by atoms with Crippen LogP contribution in [0.4, 0.5) is 0 Å². The van der Waals surface area contributed by atoms with Gasteiger partial charge in [-0.2, -0.15) is 0 Å². The SMILES string of the molecule is CC(C)Cc1nc(CCl)co1. The fourth-order valence-corrected chi connectivity index (χ4v) is 0.976. The van der Waals surface area contributed by atoms with Gasteiger partial charge < -0.3 is 4.42 Å². The molecule has 0 unspecified atom stereocenters. The van der Waals surface area contributed by atoms with Crippen LogP contribution in [0, 0.1) is 5.92 Å². The van der Waals surface area contributed by atoms with E-state index in [-0.39, 0.29) is 0 Å². The summed E-state index contributed by atoms with van der Waals surface area (Å²) in [6.45, 7) is 4.26. The molecule has 0 aromatic carbocycles. The second-order valence-corrected chi connectivity index (χ2v) is 3.23. The minimum atomic E-state index is 0.432. The molecule has 1 aromatic heterocycles. The second-order valence-electron chi connectivity index (χ2n) is 2.96. The van der Waals surface area contributed by atoms with Crippen LogP contribution in [0.3, 0.4) is 0 Å². The summed E-state index contributed by atoms with van der Waals surface area (Å²) in [5.41, 5.74) is 0.822. The van der Waals surface area contributed by atoms with E-state index in [1.54, 1.807) is 6.26 Å². The number of alkyl halides is 1. The van der Waals surface area contributed by atoms with Gasteiger partial charge in [0.1, 0.15) is 6.26 Å². The summed E-state index contributed by atoms with van der Waals surface area (Å²) in [5.74, 6) is 1.80. The van der Waals surface area contributed by atoms with E-state index in [4.69, 9.17) is 16.0 Å². The Morgan fingerprint density at radius 1 is 1.64 bits per heavy atom. The van der Waals surface area contributed by atoms with E-state index in [9.17, 15) is 0 Å². The minimum absolute atomic E-state index is 0.432. The van der Waals surface area contributed by atoms with Crippen LogP contribution in [0.25, 0.3) is 0 Å². The summed E-state index contributed by atoms with van der Waals surface area (Å²) >= 11 is 5.55. The second kappa shape index (κ2) is 3.77. The van der Waals surface area contributed by atoms with Gasteiger partial charge in [0, 0.05) is 6.42 Å². The maximum absolute atomic E-state index is 5.55. The van der Waals surface area contributed by atoms with Crippen molar-refractivity contribution >= 4 is 11.6 Å². The Morgan fingerprint density at radius 3 is 2.82 bits per heavy atom. The van der Waals surface area contributed by atoms with Crippen LogP contribution in [0.2, 0.25) is 0 Å². The summed E-state index contributed by atoms with van der Waals surface area (Å²) in [7, 11) is 0. The highest BCUT2D eigenvalue weighted by Crippen LogP contribution is 2.09. The maximum Gasteiger partial charge on any atom is 0.194 e. The molecule has 0 saturated carbocycles. The number of aromatic nitrogens is 1. The highest BCUT2D eigenvalue weighted by Gasteiger charge is 2.04. The molecule has 0 bridgehead atoms. The highest BCUT2D eigenvalue weighted by molar-refractivity contribution is 6.16. The van der Waals surface area contributed by atoms with Crippen molar-refractivity contribution in [2.45, 2.75) is 26.1 Å². The minimum Gasteiger partial charge on any atom is -0.449 e. The lowest BCUT2D eigenvalue weighted by Gasteiger charge is -1.96. The molecule has 62 valence electrons. The van der Waals surface area contributed by atoms with Crippen LogP contribution < -0.4 is 0 Å². The van der Waals surface area contributed by atoms with Gasteiger partial charge in [-0.1, -0.05) is 13.8 Å². The molecular formula is C8H12ClNO. The highest BCUT2D eigenvalue weighted by atomic mass is 35.5. The first-order valence-electron chi connectivity index (χ1n) is 3.71. The molecule has 3 heteroatoms. The third kappa shape index (κ3) is 2.54. The number of halogens is 1. The largest absolute Gasteiger partial charge is 0.449 e. The number of oxazole rings is 1. The molecule has 0 aliphatic carbocycles. The van der Waals surface area contributed by atoms with Crippen molar-refractivity contribution in [2.24, 2.45) is 5.92 Å². The average molecular weight is 174 g/mol. The lowest BCUT2D eigenvalue weighted by atomic mass is 10.1. The molecule has 0 saturated heterocycles. The van der Waals surface area contributed by atoms with Gasteiger partial charge in [-0.15, -0.1) is 11.6 Å². The fourth-order valence-electron chi connectivity index (χ4n) is 0.853. The molecule has 0 N–H and O–H groups in total. The van der Waals surface area contributed by atoms with Crippen LogP contribution in [-0.2, 0) is 12.3 Å². The predicted molar refractivity (Wildman–Crippen MR) is 44.6 cm³/mol. The topological polar surface area (TPSA) is 26.0 Å². The fraction of sp³-hybridized carbons (Fsp3) is 0.625. The van der Waals surface area contributed by atoms with Crippen molar-refractivity contribution in [1.29, 1.82) is 0 Å². The lowest BCUT2D eigenvalue weighted by molar-refractivity contribution is 0.457. The van der Waals surface area contributed by atoms with Gasteiger partial charge >= 0.3 is 0 Å². The normalized spacial score (nSPS) is 10.9. The van der Waals surface area contributed by atoms with E-state index in [0.717, 1.165) is 18.0 Å². The molecule has 0 aliphatic rings. The maximum atomic E-state index is 5.55. The molecule has 11 heavy (non-hydrogen) atoms. The van der Waals surface area contributed by atoms with Gasteiger partial charge in [0.05, 0.1) is 11.6 Å². The summed E-state index contributed by atoms with van der Waals surface area (Å²) in [4.78, 5) is 4.17. The Labute approximate surface area is 71.6 Å². The Hall–Kier alpha value is -0.500. The van der Waals surface area contributed by atoms with Gasteiger partial charge in [-0.25, -0.2) is 4.98 Å². The molecule has 1 aromatic rings. The van der Waals surface area contributed by atoms with Crippen molar-refractivity contribution in [3.63, 3.8) is 0 Å². The first-order chi connectivity index (χ1) is 5.22. The molecule has 0 fully saturated rings. The van der Waals surface area contributed by atoms with Crippen LogP contribution >= 0.6 is 11.6 Å². The monoisotopic (exact) mass is 173 g/mol. The molecule has 0 amide bonds. The van der Waals surface area contributed by atoms with Crippen molar-refractivity contribution < 1.29 is 4.42 Å². The van der Waals surface area contributed by atoms with Crippen molar-refractivity contribution in [1.82, 2.24) is 4.98 Å². The van der Waals surface area contributed by atoms with Crippen molar-refractivity contribution in [3.05, 3.63) is 17.8 Å². The molecule has 2 nitrogen and oxygen atoms in total. The Bertz CT molecular complexity index is 220. The number of hydrogen-bond donors (Lipinski definition) is 0. The molecule has 1 rings (SSSR count). The molecule has 0 radical (unpaired) electrons. The predicted octanol–water partition coefficient (Wildman–Crippen LogP) is 2.61. The van der Waals surface area contributed by atoms with Gasteiger partial charge in [0.25, 0.3) is 0 Å². The zero-order chi connectivity index (χ0) is 8.27. The number of rotatable bonds is 3. The molecule has 0 atom stereocenters. The van der Waals surface area contributed by atoms with E-state index < -0.39 is 0 Å². The van der Waals surface area contributed by atoms with Gasteiger partial charge in [0.2, 0.25) is 0 Å². The van der Waals surface area contributed by atoms with Gasteiger partial charge in [-0.3, -0.25) is 0 Å². The summed E-state index contributed by atoms with van der Waals surface area (Å²) < 4.78 is 5.17. The first kappa shape index (κ1) is 8.60. The summed E-state index contributed by atoms with van der Waals surface area (Å²) in [5, 5.41) is 0. The van der Waals surface area contributed by atoms with Crippen molar-refractivity contribution in [3.8, 4) is 0 Å². The van der Waals surface area contributed by atoms with Gasteiger partial charge in [-0.05, 0) is 5.92 Å². The molecule has 1 heterocycles. The van der Waals surface area contributed by atoms with Crippen LogP contribution in [0.15, 0.2) is 10.7 Å². The molecule has 0 aliphatic heterocycles. The van der Waals surface area contributed by atoms with E-state index in [1.807, 2.05) is 0 Å². The van der Waals surface area contributed by atoms with E-state index >= 15 is 0 Å². The molecular weight excluding hydrogens is 162 g/mol. The average Bonchev–Trinajstić information content (AvgIpc) is 2.34. The Kier molecular flexibility index (Phi) is 2.94.